The average Bonchev–Trinajstić information content (AvgIpc) is 2.92. The van der Waals surface area contributed by atoms with Gasteiger partial charge in [-0.15, -0.1) is 0 Å². The van der Waals surface area contributed by atoms with Crippen LogP contribution in [0, 0.1) is 0 Å². The molecule has 2 aliphatic rings. The predicted molar refractivity (Wildman–Crippen MR) is 87.6 cm³/mol. The van der Waals surface area contributed by atoms with Crippen LogP contribution >= 0.6 is 11.6 Å². The van der Waals surface area contributed by atoms with Crippen LogP contribution in [0.3, 0.4) is 0 Å². The van der Waals surface area contributed by atoms with Crippen LogP contribution in [0.4, 0.5) is 23.7 Å². The van der Waals surface area contributed by atoms with Gasteiger partial charge in [0.1, 0.15) is 5.02 Å². The van der Waals surface area contributed by atoms with Crippen molar-refractivity contribution in [2.24, 2.45) is 0 Å². The normalized spacial score (nSPS) is 25.9. The number of alkyl carbamates (subject to hydrolysis) is 1. The van der Waals surface area contributed by atoms with E-state index in [4.69, 9.17) is 16.3 Å². The number of aromatic amines is 1. The molecule has 2 atom stereocenters. The second kappa shape index (κ2) is 7.34. The summed E-state index contributed by atoms with van der Waals surface area (Å²) in [6, 6.07) is -0.413. The third kappa shape index (κ3) is 4.22. The zero-order valence-corrected chi connectivity index (χ0v) is 14.4. The standard InChI is InChI=1S/C15H18ClF3N4O3/c16-12-10(5-20-22-13(12)24)23-6-9(17)11(7-23)26-14(25)21-8-1-3-15(18,19)4-2-8/h5,8-9,11H,1-4,6-7H2,(H,21,25)(H,22,24)/t9?,11-/m1/s1. The van der Waals surface area contributed by atoms with Crippen LogP contribution in [0.25, 0.3) is 0 Å². The Labute approximate surface area is 151 Å². The number of hydrogen-bond donors (Lipinski definition) is 2. The van der Waals surface area contributed by atoms with Gasteiger partial charge in [-0.2, -0.15) is 5.10 Å². The molecule has 1 aromatic rings. The van der Waals surface area contributed by atoms with Crippen molar-refractivity contribution in [1.29, 1.82) is 0 Å². The number of rotatable bonds is 3. The van der Waals surface area contributed by atoms with Gasteiger partial charge in [-0.1, -0.05) is 11.6 Å². The molecule has 1 amide bonds. The first kappa shape index (κ1) is 18.8. The van der Waals surface area contributed by atoms with Crippen LogP contribution in [-0.2, 0) is 4.74 Å². The van der Waals surface area contributed by atoms with E-state index >= 15 is 0 Å². The number of nitrogens with zero attached hydrogens (tertiary/aromatic N) is 2. The third-order valence-corrected chi connectivity index (χ3v) is 4.98. The van der Waals surface area contributed by atoms with Gasteiger partial charge < -0.3 is 15.0 Å². The van der Waals surface area contributed by atoms with E-state index in [0.29, 0.717) is 0 Å². The maximum absolute atomic E-state index is 14.2. The number of anilines is 1. The van der Waals surface area contributed by atoms with Gasteiger partial charge in [-0.05, 0) is 12.8 Å². The van der Waals surface area contributed by atoms with Crippen molar-refractivity contribution in [3.63, 3.8) is 0 Å². The number of nitrogens with one attached hydrogen (secondary N) is 2. The summed E-state index contributed by atoms with van der Waals surface area (Å²) in [5, 5.41) is 8.17. The minimum Gasteiger partial charge on any atom is -0.441 e. The highest BCUT2D eigenvalue weighted by Gasteiger charge is 2.39. The van der Waals surface area contributed by atoms with Crippen LogP contribution in [0.2, 0.25) is 5.02 Å². The van der Waals surface area contributed by atoms with Crippen LogP contribution in [0.5, 0.6) is 0 Å². The molecule has 2 heterocycles. The summed E-state index contributed by atoms with van der Waals surface area (Å²) in [6.07, 6.45) is -2.39. The summed E-state index contributed by atoms with van der Waals surface area (Å²) >= 11 is 5.90. The number of H-pyrrole nitrogens is 1. The molecule has 1 aliphatic heterocycles. The summed E-state index contributed by atoms with van der Waals surface area (Å²) in [5.41, 5.74) is -0.352. The van der Waals surface area contributed by atoms with Gasteiger partial charge in [0.05, 0.1) is 25.0 Å². The third-order valence-electron chi connectivity index (χ3n) is 4.61. The van der Waals surface area contributed by atoms with Gasteiger partial charge in [0.15, 0.2) is 12.3 Å². The predicted octanol–water partition coefficient (Wildman–Crippen LogP) is 2.25. The molecule has 3 rings (SSSR count). The van der Waals surface area contributed by atoms with E-state index in [1.54, 1.807) is 0 Å². The molecule has 2 fully saturated rings. The van der Waals surface area contributed by atoms with E-state index < -0.39 is 35.9 Å². The van der Waals surface area contributed by atoms with Gasteiger partial charge in [-0.25, -0.2) is 23.1 Å². The molecule has 144 valence electrons. The second-order valence-electron chi connectivity index (χ2n) is 6.54. The molecule has 1 aliphatic carbocycles. The minimum absolute atomic E-state index is 0.00216. The Bertz CT molecular complexity index is 722. The Kier molecular flexibility index (Phi) is 5.31. The molecule has 26 heavy (non-hydrogen) atoms. The van der Waals surface area contributed by atoms with Crippen molar-refractivity contribution in [2.75, 3.05) is 18.0 Å². The average molecular weight is 395 g/mol. The Morgan fingerprint density at radius 1 is 1.38 bits per heavy atom. The summed E-state index contributed by atoms with van der Waals surface area (Å²) in [5.74, 6) is -2.70. The number of carbonyl (C=O) groups excluding carboxylic acids is 1. The molecule has 0 radical (unpaired) electrons. The van der Waals surface area contributed by atoms with E-state index in [-0.39, 0.29) is 49.5 Å². The second-order valence-corrected chi connectivity index (χ2v) is 6.92. The summed E-state index contributed by atoms with van der Waals surface area (Å²) in [7, 11) is 0. The van der Waals surface area contributed by atoms with Crippen LogP contribution < -0.4 is 15.8 Å². The Balaban J connectivity index is 1.55. The molecule has 1 aromatic heterocycles. The largest absolute Gasteiger partial charge is 0.441 e. The zero-order valence-electron chi connectivity index (χ0n) is 13.7. The van der Waals surface area contributed by atoms with E-state index in [2.05, 4.69) is 15.5 Å². The fraction of sp³-hybridized carbons (Fsp3) is 0.667. The highest BCUT2D eigenvalue weighted by Crippen LogP contribution is 2.33. The molecular formula is C15H18ClF3N4O3. The maximum atomic E-state index is 14.2. The van der Waals surface area contributed by atoms with Crippen molar-refractivity contribution in [3.8, 4) is 0 Å². The lowest BCUT2D eigenvalue weighted by Gasteiger charge is -2.29. The number of halogens is 4. The number of ether oxygens (including phenoxy) is 1. The lowest BCUT2D eigenvalue weighted by atomic mass is 9.92. The van der Waals surface area contributed by atoms with Gasteiger partial charge in [0, 0.05) is 18.9 Å². The van der Waals surface area contributed by atoms with Gasteiger partial charge in [0.25, 0.3) is 5.56 Å². The SMILES string of the molecule is O=C(NC1CCC(F)(F)CC1)O[C@@H]1CN(c2cn[nH]c(=O)c2Cl)CC1F. The molecule has 1 unspecified atom stereocenters. The quantitative estimate of drug-likeness (QED) is 0.821. The molecule has 1 saturated heterocycles. The van der Waals surface area contributed by atoms with Crippen LogP contribution in [-0.4, -0.2) is 53.6 Å². The molecular weight excluding hydrogens is 377 g/mol. The van der Waals surface area contributed by atoms with Crippen molar-refractivity contribution in [2.45, 2.75) is 49.9 Å². The molecule has 0 aromatic carbocycles. The minimum atomic E-state index is -2.70. The van der Waals surface area contributed by atoms with E-state index in [1.165, 1.54) is 11.1 Å². The maximum Gasteiger partial charge on any atom is 0.407 e. The molecule has 0 spiro atoms. The zero-order chi connectivity index (χ0) is 18.9. The van der Waals surface area contributed by atoms with Crippen LogP contribution in [0.15, 0.2) is 11.0 Å². The van der Waals surface area contributed by atoms with Crippen molar-refractivity contribution >= 4 is 23.4 Å². The first-order chi connectivity index (χ1) is 12.2. The molecule has 2 N–H and O–H groups in total. The van der Waals surface area contributed by atoms with Gasteiger partial charge >= 0.3 is 6.09 Å². The summed E-state index contributed by atoms with van der Waals surface area (Å²) in [4.78, 5) is 24.9. The highest BCUT2D eigenvalue weighted by molar-refractivity contribution is 6.33. The Morgan fingerprint density at radius 2 is 2.08 bits per heavy atom. The van der Waals surface area contributed by atoms with Crippen molar-refractivity contribution < 1.29 is 22.7 Å². The molecule has 11 heteroatoms. The van der Waals surface area contributed by atoms with Gasteiger partial charge in [-0.3, -0.25) is 4.79 Å². The summed E-state index contributed by atoms with van der Waals surface area (Å²) < 4.78 is 45.5. The molecule has 7 nitrogen and oxygen atoms in total. The smallest absolute Gasteiger partial charge is 0.407 e. The van der Waals surface area contributed by atoms with Crippen molar-refractivity contribution in [1.82, 2.24) is 15.5 Å². The summed E-state index contributed by atoms with van der Waals surface area (Å²) in [6.45, 7) is -0.110. The van der Waals surface area contributed by atoms with E-state index in [0.717, 1.165) is 0 Å². The Hall–Kier alpha value is -1.97. The lowest BCUT2D eigenvalue weighted by Crippen LogP contribution is -2.42. The van der Waals surface area contributed by atoms with Crippen LogP contribution in [0.1, 0.15) is 25.7 Å². The molecule has 1 saturated carbocycles. The van der Waals surface area contributed by atoms with Gasteiger partial charge in [0.2, 0.25) is 5.92 Å². The lowest BCUT2D eigenvalue weighted by molar-refractivity contribution is -0.0408. The van der Waals surface area contributed by atoms with E-state index in [9.17, 15) is 22.8 Å². The highest BCUT2D eigenvalue weighted by atomic mass is 35.5. The number of aromatic nitrogens is 2. The fourth-order valence-electron chi connectivity index (χ4n) is 3.16. The topological polar surface area (TPSA) is 87.3 Å². The Morgan fingerprint density at radius 3 is 2.77 bits per heavy atom. The fourth-order valence-corrected chi connectivity index (χ4v) is 3.37. The van der Waals surface area contributed by atoms with E-state index in [1.807, 2.05) is 0 Å². The first-order valence-corrected chi connectivity index (χ1v) is 8.60. The number of carbonyl (C=O) groups is 1. The van der Waals surface area contributed by atoms with Crippen molar-refractivity contribution in [3.05, 3.63) is 21.6 Å². The number of amides is 1. The number of alkyl halides is 3. The number of hydrogen-bond acceptors (Lipinski definition) is 5. The monoisotopic (exact) mass is 394 g/mol. The molecule has 0 bridgehead atoms. The first-order valence-electron chi connectivity index (χ1n) is 8.22.